The standard InChI is InChI=1S/C16H26O7/c1-15(2)7-4-5-16(15,3)8(6-7)22-14(21)12-10(18)9(17)11(19)13(20)23-12/h7-13,17-20H,4-6H2,1-3H3. The molecule has 7 heteroatoms. The minimum atomic E-state index is -1.74. The minimum absolute atomic E-state index is 0.0687. The summed E-state index contributed by atoms with van der Waals surface area (Å²) in [5, 5.41) is 38.6. The molecule has 2 aliphatic carbocycles. The normalized spacial score (nSPS) is 51.7. The van der Waals surface area contributed by atoms with E-state index in [1.807, 2.05) is 0 Å². The first-order valence-electron chi connectivity index (χ1n) is 8.18. The van der Waals surface area contributed by atoms with Gasteiger partial charge in [0.05, 0.1) is 0 Å². The van der Waals surface area contributed by atoms with Crippen LogP contribution >= 0.6 is 0 Å². The number of rotatable bonds is 2. The number of hydrogen-bond donors (Lipinski definition) is 4. The summed E-state index contributed by atoms with van der Waals surface area (Å²) in [5.74, 6) is -0.322. The van der Waals surface area contributed by atoms with Crippen LogP contribution < -0.4 is 0 Å². The molecular weight excluding hydrogens is 304 g/mol. The van der Waals surface area contributed by atoms with Crippen LogP contribution in [0.4, 0.5) is 0 Å². The SMILES string of the molecule is CC1(C)C2CCC1(C)C(OC(=O)C1OC(O)C(O)C(O)C1O)C2. The monoisotopic (exact) mass is 330 g/mol. The lowest BCUT2D eigenvalue weighted by Crippen LogP contribution is -2.60. The van der Waals surface area contributed by atoms with Gasteiger partial charge in [-0.15, -0.1) is 0 Å². The molecule has 0 aromatic heterocycles. The van der Waals surface area contributed by atoms with E-state index in [0.29, 0.717) is 5.92 Å². The lowest BCUT2D eigenvalue weighted by Gasteiger charge is -2.40. The second kappa shape index (κ2) is 5.39. The number of aliphatic hydroxyl groups excluding tert-OH is 4. The van der Waals surface area contributed by atoms with E-state index in [0.717, 1.165) is 19.3 Å². The number of carbonyl (C=O) groups excluding carboxylic acids is 1. The van der Waals surface area contributed by atoms with Crippen molar-refractivity contribution in [1.29, 1.82) is 0 Å². The summed E-state index contributed by atoms with van der Waals surface area (Å²) in [6.07, 6.45) is -5.62. The lowest BCUT2D eigenvalue weighted by molar-refractivity contribution is -0.283. The van der Waals surface area contributed by atoms with Crippen LogP contribution in [0.1, 0.15) is 40.0 Å². The molecule has 3 rings (SSSR count). The van der Waals surface area contributed by atoms with Gasteiger partial charge in [0.2, 0.25) is 0 Å². The molecule has 2 bridgehead atoms. The van der Waals surface area contributed by atoms with Crippen LogP contribution in [0.2, 0.25) is 0 Å². The summed E-state index contributed by atoms with van der Waals surface area (Å²) in [5.41, 5.74) is -0.0666. The van der Waals surface area contributed by atoms with E-state index >= 15 is 0 Å². The average molecular weight is 330 g/mol. The fraction of sp³-hybridized carbons (Fsp3) is 0.938. The molecule has 1 heterocycles. The van der Waals surface area contributed by atoms with Crippen LogP contribution in [0.25, 0.3) is 0 Å². The average Bonchev–Trinajstić information content (AvgIpc) is 2.82. The number of fused-ring (bicyclic) bond motifs is 2. The van der Waals surface area contributed by atoms with E-state index in [-0.39, 0.29) is 16.9 Å². The molecule has 132 valence electrons. The summed E-state index contributed by atoms with van der Waals surface area (Å²) < 4.78 is 10.5. The minimum Gasteiger partial charge on any atom is -0.460 e. The Bertz CT molecular complexity index is 493. The summed E-state index contributed by atoms with van der Waals surface area (Å²) in [6, 6.07) is 0. The van der Waals surface area contributed by atoms with E-state index in [4.69, 9.17) is 9.47 Å². The third-order valence-corrected chi connectivity index (χ3v) is 6.79. The molecular formula is C16H26O7. The van der Waals surface area contributed by atoms with Gasteiger partial charge in [-0.05, 0) is 30.6 Å². The van der Waals surface area contributed by atoms with Crippen molar-refractivity contribution in [2.45, 2.75) is 76.8 Å². The van der Waals surface area contributed by atoms with Gasteiger partial charge in [-0.2, -0.15) is 0 Å². The Balaban J connectivity index is 1.71. The molecule has 1 saturated heterocycles. The third kappa shape index (κ3) is 2.33. The molecule has 3 fully saturated rings. The molecule has 0 aromatic carbocycles. The van der Waals surface area contributed by atoms with E-state index in [9.17, 15) is 25.2 Å². The van der Waals surface area contributed by atoms with Gasteiger partial charge in [0.25, 0.3) is 0 Å². The number of carbonyl (C=O) groups is 1. The quantitative estimate of drug-likeness (QED) is 0.506. The topological polar surface area (TPSA) is 116 Å². The van der Waals surface area contributed by atoms with E-state index in [1.54, 1.807) is 0 Å². The smallest absolute Gasteiger partial charge is 0.338 e. The van der Waals surface area contributed by atoms with Crippen molar-refractivity contribution in [1.82, 2.24) is 0 Å². The summed E-state index contributed by atoms with van der Waals surface area (Å²) in [6.45, 7) is 6.49. The first kappa shape index (κ1) is 17.1. The zero-order valence-corrected chi connectivity index (χ0v) is 13.7. The second-order valence-electron chi connectivity index (χ2n) is 7.96. The number of esters is 1. The van der Waals surface area contributed by atoms with Crippen LogP contribution in [-0.2, 0) is 14.3 Å². The van der Waals surface area contributed by atoms with Crippen LogP contribution in [0.15, 0.2) is 0 Å². The van der Waals surface area contributed by atoms with Crippen molar-refractivity contribution < 1.29 is 34.7 Å². The van der Waals surface area contributed by atoms with Gasteiger partial charge in [0.15, 0.2) is 12.4 Å². The van der Waals surface area contributed by atoms with Gasteiger partial charge in [0, 0.05) is 5.41 Å². The van der Waals surface area contributed by atoms with Gasteiger partial charge in [-0.25, -0.2) is 4.79 Å². The highest BCUT2D eigenvalue weighted by atomic mass is 16.7. The Hall–Kier alpha value is -0.730. The van der Waals surface area contributed by atoms with Crippen molar-refractivity contribution in [2.75, 3.05) is 0 Å². The Morgan fingerprint density at radius 1 is 1.09 bits per heavy atom. The summed E-state index contributed by atoms with van der Waals surface area (Å²) in [4.78, 5) is 12.4. The molecule has 0 amide bonds. The van der Waals surface area contributed by atoms with Gasteiger partial charge in [-0.3, -0.25) is 0 Å². The summed E-state index contributed by atoms with van der Waals surface area (Å²) in [7, 11) is 0. The van der Waals surface area contributed by atoms with Crippen molar-refractivity contribution in [3.05, 3.63) is 0 Å². The van der Waals surface area contributed by atoms with Crippen molar-refractivity contribution in [3.63, 3.8) is 0 Å². The van der Waals surface area contributed by atoms with Crippen LogP contribution in [0.3, 0.4) is 0 Å². The van der Waals surface area contributed by atoms with Gasteiger partial charge in [-0.1, -0.05) is 20.8 Å². The molecule has 7 nitrogen and oxygen atoms in total. The maximum absolute atomic E-state index is 12.4. The Labute approximate surface area is 135 Å². The largest absolute Gasteiger partial charge is 0.460 e. The lowest BCUT2D eigenvalue weighted by atomic mass is 9.70. The fourth-order valence-corrected chi connectivity index (χ4v) is 4.57. The van der Waals surface area contributed by atoms with Crippen LogP contribution in [0.5, 0.6) is 0 Å². The maximum Gasteiger partial charge on any atom is 0.338 e. The molecule has 2 saturated carbocycles. The predicted octanol–water partition coefficient (Wildman–Crippen LogP) is -0.456. The van der Waals surface area contributed by atoms with E-state index in [1.165, 1.54) is 0 Å². The first-order valence-corrected chi connectivity index (χ1v) is 8.18. The second-order valence-corrected chi connectivity index (χ2v) is 7.96. The van der Waals surface area contributed by atoms with Crippen molar-refractivity contribution in [3.8, 4) is 0 Å². The van der Waals surface area contributed by atoms with E-state index in [2.05, 4.69) is 20.8 Å². The van der Waals surface area contributed by atoms with Gasteiger partial charge in [0.1, 0.15) is 24.4 Å². The molecule has 3 aliphatic rings. The molecule has 8 atom stereocenters. The first-order chi connectivity index (χ1) is 10.6. The molecule has 23 heavy (non-hydrogen) atoms. The van der Waals surface area contributed by atoms with Crippen LogP contribution in [-0.4, -0.2) is 63.2 Å². The highest BCUT2D eigenvalue weighted by molar-refractivity contribution is 5.76. The molecule has 0 aromatic rings. The zero-order valence-electron chi connectivity index (χ0n) is 13.7. The molecule has 1 aliphatic heterocycles. The number of hydrogen-bond acceptors (Lipinski definition) is 7. The third-order valence-electron chi connectivity index (χ3n) is 6.79. The maximum atomic E-state index is 12.4. The van der Waals surface area contributed by atoms with E-state index < -0.39 is 36.7 Å². The highest BCUT2D eigenvalue weighted by Crippen LogP contribution is 2.66. The number of ether oxygens (including phenoxy) is 2. The molecule has 4 N–H and O–H groups in total. The zero-order chi connectivity index (χ0) is 17.2. The van der Waals surface area contributed by atoms with Crippen LogP contribution in [0, 0.1) is 16.7 Å². The number of aliphatic hydroxyl groups is 4. The van der Waals surface area contributed by atoms with Gasteiger partial charge < -0.3 is 29.9 Å². The van der Waals surface area contributed by atoms with Crippen molar-refractivity contribution in [2.24, 2.45) is 16.7 Å². The Morgan fingerprint density at radius 2 is 1.74 bits per heavy atom. The molecule has 0 spiro atoms. The Kier molecular flexibility index (Phi) is 4.01. The highest BCUT2D eigenvalue weighted by Gasteiger charge is 2.63. The van der Waals surface area contributed by atoms with Gasteiger partial charge >= 0.3 is 5.97 Å². The molecule has 8 unspecified atom stereocenters. The Morgan fingerprint density at radius 3 is 2.26 bits per heavy atom. The van der Waals surface area contributed by atoms with Crippen molar-refractivity contribution >= 4 is 5.97 Å². The summed E-state index contributed by atoms with van der Waals surface area (Å²) >= 11 is 0. The fourth-order valence-electron chi connectivity index (χ4n) is 4.57. The molecule has 0 radical (unpaired) electrons. The predicted molar refractivity (Wildman–Crippen MR) is 78.0 cm³/mol.